The molecule has 2 N–H and O–H groups in total. The number of thiazole rings is 1. The van der Waals surface area contributed by atoms with Crippen molar-refractivity contribution in [3.8, 4) is 0 Å². The van der Waals surface area contributed by atoms with E-state index >= 15 is 0 Å². The molecular formula is C13H17N3O3S. The third kappa shape index (κ3) is 4.34. The zero-order valence-electron chi connectivity index (χ0n) is 11.0. The Bertz CT molecular complexity index is 505. The zero-order chi connectivity index (χ0) is 14.4. The number of nitrogens with zero attached hydrogens (tertiary/aromatic N) is 2. The van der Waals surface area contributed by atoms with Crippen molar-refractivity contribution in [2.45, 2.75) is 25.7 Å². The first-order valence-electron chi connectivity index (χ1n) is 6.58. The number of hydrogen-bond donors (Lipinski definition) is 2. The van der Waals surface area contributed by atoms with Crippen LogP contribution in [-0.4, -0.2) is 40.1 Å². The molecule has 0 aliphatic carbocycles. The first-order chi connectivity index (χ1) is 9.65. The predicted octanol–water partition coefficient (Wildman–Crippen LogP) is 2.65. The minimum absolute atomic E-state index is 0.130. The minimum Gasteiger partial charge on any atom is -0.478 e. The van der Waals surface area contributed by atoms with Gasteiger partial charge in [0.15, 0.2) is 5.13 Å². The Morgan fingerprint density at radius 3 is 2.65 bits per heavy atom. The highest BCUT2D eigenvalue weighted by atomic mass is 32.1. The molecule has 0 radical (unpaired) electrons. The Morgan fingerprint density at radius 1 is 1.30 bits per heavy atom. The maximum atomic E-state index is 12.1. The number of nitrogens with one attached hydrogen (secondary N) is 1. The van der Waals surface area contributed by atoms with E-state index in [0.717, 1.165) is 32.0 Å². The van der Waals surface area contributed by atoms with Crippen molar-refractivity contribution in [2.75, 3.05) is 18.4 Å². The van der Waals surface area contributed by atoms with Gasteiger partial charge in [-0.2, -0.15) is 0 Å². The number of anilines is 1. The van der Waals surface area contributed by atoms with Crippen molar-refractivity contribution in [3.05, 3.63) is 17.2 Å². The quantitative estimate of drug-likeness (QED) is 0.840. The molecule has 0 atom stereocenters. The summed E-state index contributed by atoms with van der Waals surface area (Å²) in [6.07, 6.45) is 8.48. The van der Waals surface area contributed by atoms with Crippen LogP contribution in [0.3, 0.4) is 0 Å². The van der Waals surface area contributed by atoms with Gasteiger partial charge < -0.3 is 10.0 Å². The Morgan fingerprint density at radius 2 is 2.00 bits per heavy atom. The van der Waals surface area contributed by atoms with Gasteiger partial charge in [0.05, 0.1) is 0 Å². The third-order valence-electron chi connectivity index (χ3n) is 3.02. The second kappa shape index (κ2) is 7.04. The zero-order valence-corrected chi connectivity index (χ0v) is 11.9. The van der Waals surface area contributed by atoms with Crippen LogP contribution in [0.5, 0.6) is 0 Å². The number of carbonyl (C=O) groups is 2. The van der Waals surface area contributed by atoms with Crippen molar-refractivity contribution in [1.82, 2.24) is 9.88 Å². The molecule has 1 aromatic rings. The SMILES string of the molecule is O=C(O)C=Cc1cnc(NC(=O)N2CCCCCC2)s1. The number of rotatable bonds is 3. The fraction of sp³-hybridized carbons (Fsp3) is 0.462. The Balaban J connectivity index is 1.92. The van der Waals surface area contributed by atoms with E-state index in [1.54, 1.807) is 11.1 Å². The molecule has 0 spiro atoms. The highest BCUT2D eigenvalue weighted by Crippen LogP contribution is 2.20. The van der Waals surface area contributed by atoms with E-state index in [-0.39, 0.29) is 6.03 Å². The van der Waals surface area contributed by atoms with Gasteiger partial charge in [0, 0.05) is 30.2 Å². The summed E-state index contributed by atoms with van der Waals surface area (Å²) >= 11 is 1.25. The first kappa shape index (κ1) is 14.5. The monoisotopic (exact) mass is 295 g/mol. The largest absolute Gasteiger partial charge is 0.478 e. The number of aromatic nitrogens is 1. The Hall–Kier alpha value is -1.89. The molecule has 6 nitrogen and oxygen atoms in total. The second-order valence-electron chi connectivity index (χ2n) is 4.57. The van der Waals surface area contributed by atoms with Crippen LogP contribution in [-0.2, 0) is 4.79 Å². The number of urea groups is 1. The van der Waals surface area contributed by atoms with E-state index < -0.39 is 5.97 Å². The number of amides is 2. The summed E-state index contributed by atoms with van der Waals surface area (Å²) < 4.78 is 0. The van der Waals surface area contributed by atoms with Crippen LogP contribution >= 0.6 is 11.3 Å². The summed E-state index contributed by atoms with van der Waals surface area (Å²) in [5, 5.41) is 11.8. The summed E-state index contributed by atoms with van der Waals surface area (Å²) in [6, 6.07) is -0.130. The Labute approximate surface area is 121 Å². The molecule has 2 amide bonds. The lowest BCUT2D eigenvalue weighted by Crippen LogP contribution is -2.35. The molecule has 0 saturated carbocycles. The summed E-state index contributed by atoms with van der Waals surface area (Å²) in [6.45, 7) is 1.56. The average Bonchev–Trinajstić information content (AvgIpc) is 2.68. The number of hydrogen-bond acceptors (Lipinski definition) is 4. The van der Waals surface area contributed by atoms with Crippen LogP contribution in [0.15, 0.2) is 12.3 Å². The molecule has 0 aromatic carbocycles. The van der Waals surface area contributed by atoms with Crippen LogP contribution in [0.2, 0.25) is 0 Å². The molecular weight excluding hydrogens is 278 g/mol. The topological polar surface area (TPSA) is 82.5 Å². The van der Waals surface area contributed by atoms with Crippen LogP contribution < -0.4 is 5.32 Å². The molecule has 7 heteroatoms. The molecule has 1 aliphatic rings. The fourth-order valence-electron chi connectivity index (χ4n) is 2.02. The van der Waals surface area contributed by atoms with Crippen LogP contribution in [0.1, 0.15) is 30.6 Å². The molecule has 0 unspecified atom stereocenters. The number of carboxylic acids is 1. The number of aliphatic carboxylic acids is 1. The fourth-order valence-corrected chi connectivity index (χ4v) is 2.73. The summed E-state index contributed by atoms with van der Waals surface area (Å²) in [4.78, 5) is 29.1. The minimum atomic E-state index is -1.01. The maximum Gasteiger partial charge on any atom is 0.328 e. The molecule has 2 rings (SSSR count). The van der Waals surface area contributed by atoms with Crippen LogP contribution in [0.4, 0.5) is 9.93 Å². The lowest BCUT2D eigenvalue weighted by atomic mass is 10.2. The van der Waals surface area contributed by atoms with E-state index in [4.69, 9.17) is 5.11 Å². The maximum absolute atomic E-state index is 12.1. The normalized spacial score (nSPS) is 16.1. The van der Waals surface area contributed by atoms with Gasteiger partial charge in [0.1, 0.15) is 0 Å². The van der Waals surface area contributed by atoms with Crippen molar-refractivity contribution in [3.63, 3.8) is 0 Å². The lowest BCUT2D eigenvalue weighted by molar-refractivity contribution is -0.131. The van der Waals surface area contributed by atoms with E-state index in [1.165, 1.54) is 30.3 Å². The molecule has 2 heterocycles. The predicted molar refractivity (Wildman–Crippen MR) is 77.8 cm³/mol. The van der Waals surface area contributed by atoms with Crippen molar-refractivity contribution >= 4 is 34.5 Å². The van der Waals surface area contributed by atoms with Gasteiger partial charge >= 0.3 is 12.0 Å². The van der Waals surface area contributed by atoms with Gasteiger partial charge in [0.2, 0.25) is 0 Å². The molecule has 1 aromatic heterocycles. The Kier molecular flexibility index (Phi) is 5.11. The highest BCUT2D eigenvalue weighted by molar-refractivity contribution is 7.16. The summed E-state index contributed by atoms with van der Waals surface area (Å²) in [5.74, 6) is -1.01. The number of carbonyl (C=O) groups excluding carboxylic acids is 1. The van der Waals surface area contributed by atoms with Crippen molar-refractivity contribution < 1.29 is 14.7 Å². The van der Waals surface area contributed by atoms with Gasteiger partial charge in [0.25, 0.3) is 0 Å². The second-order valence-corrected chi connectivity index (χ2v) is 5.63. The van der Waals surface area contributed by atoms with E-state index in [2.05, 4.69) is 10.3 Å². The van der Waals surface area contributed by atoms with E-state index in [1.807, 2.05) is 0 Å². The molecule has 1 fully saturated rings. The van der Waals surface area contributed by atoms with Gasteiger partial charge in [-0.15, -0.1) is 0 Å². The van der Waals surface area contributed by atoms with E-state index in [0.29, 0.717) is 10.0 Å². The summed E-state index contributed by atoms with van der Waals surface area (Å²) in [5.41, 5.74) is 0. The number of likely N-dealkylation sites (tertiary alicyclic amines) is 1. The van der Waals surface area contributed by atoms with Crippen LogP contribution in [0, 0.1) is 0 Å². The van der Waals surface area contributed by atoms with Gasteiger partial charge in [-0.1, -0.05) is 24.2 Å². The standard InChI is InChI=1S/C13H17N3O3S/c17-11(18)6-5-10-9-14-12(20-10)15-13(19)16-7-3-1-2-4-8-16/h5-6,9H,1-4,7-8H2,(H,17,18)(H,14,15,19). The van der Waals surface area contributed by atoms with E-state index in [9.17, 15) is 9.59 Å². The van der Waals surface area contributed by atoms with Crippen molar-refractivity contribution in [2.24, 2.45) is 0 Å². The molecule has 1 aliphatic heterocycles. The van der Waals surface area contributed by atoms with Gasteiger partial charge in [-0.05, 0) is 18.9 Å². The third-order valence-corrected chi connectivity index (χ3v) is 3.90. The molecule has 0 bridgehead atoms. The molecule has 1 saturated heterocycles. The molecule has 108 valence electrons. The van der Waals surface area contributed by atoms with Gasteiger partial charge in [-0.3, -0.25) is 5.32 Å². The molecule has 20 heavy (non-hydrogen) atoms. The lowest BCUT2D eigenvalue weighted by Gasteiger charge is -2.19. The number of carboxylic acid groups (broad SMARTS) is 1. The van der Waals surface area contributed by atoms with Crippen molar-refractivity contribution in [1.29, 1.82) is 0 Å². The smallest absolute Gasteiger partial charge is 0.328 e. The summed E-state index contributed by atoms with van der Waals surface area (Å²) in [7, 11) is 0. The van der Waals surface area contributed by atoms with Crippen LogP contribution in [0.25, 0.3) is 6.08 Å². The van der Waals surface area contributed by atoms with Gasteiger partial charge in [-0.25, -0.2) is 14.6 Å². The first-order valence-corrected chi connectivity index (χ1v) is 7.39. The average molecular weight is 295 g/mol. The highest BCUT2D eigenvalue weighted by Gasteiger charge is 2.16.